The number of hydrogen-bond donors (Lipinski definition) is 0. The van der Waals surface area contributed by atoms with Crippen molar-refractivity contribution in [3.05, 3.63) is 30.6 Å². The van der Waals surface area contributed by atoms with E-state index in [2.05, 4.69) is 16.8 Å². The van der Waals surface area contributed by atoms with Crippen LogP contribution in [0.5, 0.6) is 0 Å². The fourth-order valence-corrected chi connectivity index (χ4v) is 1.81. The Labute approximate surface area is 93.3 Å². The molecule has 15 heavy (non-hydrogen) atoms. The van der Waals surface area contributed by atoms with Gasteiger partial charge in [0.05, 0.1) is 0 Å². The predicted octanol–water partition coefficient (Wildman–Crippen LogP) is 2.96. The topological polar surface area (TPSA) is 16.1 Å². The summed E-state index contributed by atoms with van der Waals surface area (Å²) in [6.07, 6.45) is 9.14. The predicted molar refractivity (Wildman–Crippen MR) is 64.8 cm³/mol. The summed E-state index contributed by atoms with van der Waals surface area (Å²) in [5, 5.41) is 0. The molecule has 0 N–H and O–H groups in total. The van der Waals surface area contributed by atoms with Gasteiger partial charge in [-0.3, -0.25) is 4.98 Å². The number of rotatable bonds is 2. The van der Waals surface area contributed by atoms with Gasteiger partial charge >= 0.3 is 0 Å². The molecule has 1 aromatic rings. The lowest BCUT2D eigenvalue weighted by atomic mass is 10.1. The molecule has 1 saturated heterocycles. The normalized spacial score (nSPS) is 16.6. The lowest BCUT2D eigenvalue weighted by Crippen LogP contribution is -2.30. The average Bonchev–Trinajstić information content (AvgIpc) is 2.34. The highest BCUT2D eigenvalue weighted by atomic mass is 15.1. The summed E-state index contributed by atoms with van der Waals surface area (Å²) in [7, 11) is 0. The van der Waals surface area contributed by atoms with Crippen molar-refractivity contribution in [2.75, 3.05) is 19.6 Å². The first kappa shape index (κ1) is 12.2. The summed E-state index contributed by atoms with van der Waals surface area (Å²) < 4.78 is 0. The standard InChI is InChI=1S/C8H17N.C5H5N/c1-2-6-9-7-4-3-5-8-9;1-2-4-6-5-3-1/h2-8H2,1H3;1-5H. The van der Waals surface area contributed by atoms with Crippen LogP contribution in [0.1, 0.15) is 32.6 Å². The summed E-state index contributed by atoms with van der Waals surface area (Å²) in [6.45, 7) is 6.29. The third-order valence-corrected chi connectivity index (χ3v) is 2.56. The molecule has 2 heteroatoms. The van der Waals surface area contributed by atoms with Gasteiger partial charge in [0.15, 0.2) is 0 Å². The van der Waals surface area contributed by atoms with E-state index in [-0.39, 0.29) is 0 Å². The molecule has 1 aromatic heterocycles. The molecular formula is C13H22N2. The van der Waals surface area contributed by atoms with Gasteiger partial charge in [-0.25, -0.2) is 0 Å². The minimum absolute atomic E-state index is 1.32. The van der Waals surface area contributed by atoms with Gasteiger partial charge in [-0.1, -0.05) is 19.4 Å². The summed E-state index contributed by atoms with van der Waals surface area (Å²) in [4.78, 5) is 6.36. The van der Waals surface area contributed by atoms with Crippen molar-refractivity contribution in [2.45, 2.75) is 32.6 Å². The van der Waals surface area contributed by atoms with E-state index in [0.717, 1.165) is 0 Å². The first-order chi connectivity index (χ1) is 7.43. The second-order valence-corrected chi connectivity index (χ2v) is 3.93. The molecule has 0 amide bonds. The minimum Gasteiger partial charge on any atom is -0.303 e. The van der Waals surface area contributed by atoms with Crippen LogP contribution in [0.3, 0.4) is 0 Å². The lowest BCUT2D eigenvalue weighted by molar-refractivity contribution is 0.229. The molecule has 2 heterocycles. The maximum Gasteiger partial charge on any atom is 0.0267 e. The lowest BCUT2D eigenvalue weighted by Gasteiger charge is -2.25. The smallest absolute Gasteiger partial charge is 0.0267 e. The maximum atomic E-state index is 3.78. The zero-order valence-corrected chi connectivity index (χ0v) is 9.73. The molecule has 2 nitrogen and oxygen atoms in total. The highest BCUT2D eigenvalue weighted by molar-refractivity contribution is 4.88. The van der Waals surface area contributed by atoms with Crippen LogP contribution in [-0.4, -0.2) is 29.5 Å². The highest BCUT2D eigenvalue weighted by Gasteiger charge is 2.07. The molecule has 0 aromatic carbocycles. The van der Waals surface area contributed by atoms with Crippen molar-refractivity contribution < 1.29 is 0 Å². The summed E-state index contributed by atoms with van der Waals surface area (Å²) in [5.74, 6) is 0. The zero-order valence-electron chi connectivity index (χ0n) is 9.73. The van der Waals surface area contributed by atoms with E-state index in [0.29, 0.717) is 0 Å². The van der Waals surface area contributed by atoms with Gasteiger partial charge < -0.3 is 4.90 Å². The number of likely N-dealkylation sites (tertiary alicyclic amines) is 1. The minimum atomic E-state index is 1.32. The van der Waals surface area contributed by atoms with Gasteiger partial charge in [0, 0.05) is 12.4 Å². The average molecular weight is 206 g/mol. The van der Waals surface area contributed by atoms with E-state index >= 15 is 0 Å². The molecule has 1 aliphatic heterocycles. The first-order valence-corrected chi connectivity index (χ1v) is 6.01. The van der Waals surface area contributed by atoms with E-state index in [1.165, 1.54) is 45.3 Å². The molecule has 0 unspecified atom stereocenters. The van der Waals surface area contributed by atoms with Gasteiger partial charge in [0.1, 0.15) is 0 Å². The van der Waals surface area contributed by atoms with Crippen LogP contribution in [-0.2, 0) is 0 Å². The number of hydrogen-bond acceptors (Lipinski definition) is 2. The second-order valence-electron chi connectivity index (χ2n) is 3.93. The first-order valence-electron chi connectivity index (χ1n) is 6.01. The Kier molecular flexibility index (Phi) is 6.84. The molecule has 0 atom stereocenters. The molecule has 0 aliphatic carbocycles. The van der Waals surface area contributed by atoms with Crippen molar-refractivity contribution >= 4 is 0 Å². The Morgan fingerprint density at radius 2 is 1.67 bits per heavy atom. The largest absolute Gasteiger partial charge is 0.303 e. The maximum absolute atomic E-state index is 3.78. The van der Waals surface area contributed by atoms with E-state index in [4.69, 9.17) is 0 Å². The second kappa shape index (κ2) is 8.42. The summed E-state index contributed by atoms with van der Waals surface area (Å²) in [6, 6.07) is 5.72. The van der Waals surface area contributed by atoms with Crippen LogP contribution >= 0.6 is 0 Å². The molecule has 0 bridgehead atoms. The number of aromatic nitrogens is 1. The molecule has 2 rings (SSSR count). The van der Waals surface area contributed by atoms with Crippen molar-refractivity contribution in [2.24, 2.45) is 0 Å². The Hall–Kier alpha value is -0.890. The van der Waals surface area contributed by atoms with Gasteiger partial charge in [0.25, 0.3) is 0 Å². The Morgan fingerprint density at radius 1 is 1.00 bits per heavy atom. The SMILES string of the molecule is CCCN1CCCCC1.c1ccncc1. The van der Waals surface area contributed by atoms with Crippen LogP contribution in [0, 0.1) is 0 Å². The fourth-order valence-electron chi connectivity index (χ4n) is 1.81. The van der Waals surface area contributed by atoms with Gasteiger partial charge in [0.2, 0.25) is 0 Å². The van der Waals surface area contributed by atoms with Gasteiger partial charge in [-0.05, 0) is 51.0 Å². The highest BCUT2D eigenvalue weighted by Crippen LogP contribution is 2.07. The molecule has 0 spiro atoms. The fraction of sp³-hybridized carbons (Fsp3) is 0.615. The molecule has 84 valence electrons. The Balaban J connectivity index is 0.000000162. The van der Waals surface area contributed by atoms with Crippen LogP contribution in [0.25, 0.3) is 0 Å². The van der Waals surface area contributed by atoms with E-state index < -0.39 is 0 Å². The van der Waals surface area contributed by atoms with Crippen LogP contribution in [0.2, 0.25) is 0 Å². The molecular weight excluding hydrogens is 184 g/mol. The monoisotopic (exact) mass is 206 g/mol. The number of piperidine rings is 1. The third-order valence-electron chi connectivity index (χ3n) is 2.56. The molecule has 0 saturated carbocycles. The number of nitrogens with zero attached hydrogens (tertiary/aromatic N) is 2. The Bertz CT molecular complexity index is 188. The van der Waals surface area contributed by atoms with Crippen LogP contribution in [0.4, 0.5) is 0 Å². The zero-order chi connectivity index (χ0) is 10.8. The van der Waals surface area contributed by atoms with E-state index in [1.54, 1.807) is 12.4 Å². The van der Waals surface area contributed by atoms with Crippen molar-refractivity contribution in [1.82, 2.24) is 9.88 Å². The van der Waals surface area contributed by atoms with Gasteiger partial charge in [-0.2, -0.15) is 0 Å². The quantitative estimate of drug-likeness (QED) is 0.739. The third kappa shape index (κ3) is 6.24. The molecule has 1 fully saturated rings. The number of pyridine rings is 1. The molecule has 0 radical (unpaired) electrons. The Morgan fingerprint density at radius 3 is 2.07 bits per heavy atom. The summed E-state index contributed by atoms with van der Waals surface area (Å²) in [5.41, 5.74) is 0. The van der Waals surface area contributed by atoms with Crippen LogP contribution in [0.15, 0.2) is 30.6 Å². The van der Waals surface area contributed by atoms with Crippen LogP contribution < -0.4 is 0 Å². The van der Waals surface area contributed by atoms with Crippen molar-refractivity contribution in [3.8, 4) is 0 Å². The summed E-state index contributed by atoms with van der Waals surface area (Å²) >= 11 is 0. The molecule has 1 aliphatic rings. The van der Waals surface area contributed by atoms with Crippen molar-refractivity contribution in [1.29, 1.82) is 0 Å². The van der Waals surface area contributed by atoms with Crippen molar-refractivity contribution in [3.63, 3.8) is 0 Å². The van der Waals surface area contributed by atoms with E-state index in [1.807, 2.05) is 18.2 Å². The van der Waals surface area contributed by atoms with E-state index in [9.17, 15) is 0 Å². The van der Waals surface area contributed by atoms with Gasteiger partial charge in [-0.15, -0.1) is 0 Å².